The van der Waals surface area contributed by atoms with Gasteiger partial charge in [-0.25, -0.2) is 0 Å². The van der Waals surface area contributed by atoms with E-state index >= 15 is 0 Å². The molecule has 0 aliphatic carbocycles. The van der Waals surface area contributed by atoms with Gasteiger partial charge in [0.05, 0.1) is 0 Å². The Hall–Kier alpha value is -1.85. The van der Waals surface area contributed by atoms with Crippen LogP contribution in [0.15, 0.2) is 12.2 Å². The molecule has 0 fully saturated rings. The van der Waals surface area contributed by atoms with Crippen molar-refractivity contribution >= 4 is 17.9 Å². The number of carbonyl (C=O) groups is 3. The van der Waals surface area contributed by atoms with Crippen LogP contribution in [0.2, 0.25) is 0 Å². The van der Waals surface area contributed by atoms with E-state index in [1.54, 1.807) is 0 Å². The molecule has 1 unspecified atom stereocenters. The predicted octanol–water partition coefficient (Wildman–Crippen LogP) is 25.2. The average molecular weight is 1130 g/mol. The van der Waals surface area contributed by atoms with Gasteiger partial charge in [0.1, 0.15) is 13.2 Å². The lowest BCUT2D eigenvalue weighted by molar-refractivity contribution is -0.167. The van der Waals surface area contributed by atoms with E-state index in [1.165, 1.54) is 321 Å². The van der Waals surface area contributed by atoms with Crippen molar-refractivity contribution in [1.29, 1.82) is 0 Å². The molecule has 0 spiro atoms. The van der Waals surface area contributed by atoms with Crippen molar-refractivity contribution in [2.45, 2.75) is 431 Å². The summed E-state index contributed by atoms with van der Waals surface area (Å²) in [5.74, 6) is -0.836. The fraction of sp³-hybridized carbons (Fsp3) is 0.932. The Kier molecular flexibility index (Phi) is 68.0. The molecule has 0 bridgehead atoms. The highest BCUT2D eigenvalue weighted by Gasteiger charge is 2.20. The third-order valence-corrected chi connectivity index (χ3v) is 17.0. The second-order valence-electron chi connectivity index (χ2n) is 25.2. The molecule has 0 aliphatic rings. The van der Waals surface area contributed by atoms with Gasteiger partial charge in [-0.05, 0) is 44.9 Å². The van der Waals surface area contributed by atoms with Gasteiger partial charge >= 0.3 is 17.9 Å². The predicted molar refractivity (Wildman–Crippen MR) is 349 cm³/mol. The van der Waals surface area contributed by atoms with Gasteiger partial charge in [-0.15, -0.1) is 0 Å². The smallest absolute Gasteiger partial charge is 0.306 e. The van der Waals surface area contributed by atoms with Crippen molar-refractivity contribution in [2.75, 3.05) is 13.2 Å². The summed E-state index contributed by atoms with van der Waals surface area (Å²) in [4.78, 5) is 38.5. The number of hydrogen-bond acceptors (Lipinski definition) is 6. The maximum Gasteiger partial charge on any atom is 0.306 e. The largest absolute Gasteiger partial charge is 0.462 e. The minimum Gasteiger partial charge on any atom is -0.462 e. The van der Waals surface area contributed by atoms with Gasteiger partial charge in [-0.2, -0.15) is 0 Å². The first-order valence-corrected chi connectivity index (χ1v) is 36.7. The molecule has 1 atom stereocenters. The molecule has 6 heteroatoms. The summed E-state index contributed by atoms with van der Waals surface area (Å²) >= 11 is 0. The molecule has 0 rings (SSSR count). The Balaban J connectivity index is 4.23. The van der Waals surface area contributed by atoms with E-state index in [4.69, 9.17) is 14.2 Å². The van der Waals surface area contributed by atoms with Crippen LogP contribution in [0.3, 0.4) is 0 Å². The monoisotopic (exact) mass is 1130 g/mol. The van der Waals surface area contributed by atoms with Crippen LogP contribution in [0, 0.1) is 0 Å². The molecule has 0 N–H and O–H groups in total. The molecule has 0 aromatic heterocycles. The molecule has 80 heavy (non-hydrogen) atoms. The van der Waals surface area contributed by atoms with E-state index in [0.29, 0.717) is 19.3 Å². The molecule has 0 aliphatic heterocycles. The average Bonchev–Trinajstić information content (AvgIpc) is 3.46. The number of hydrogen-bond donors (Lipinski definition) is 0. The van der Waals surface area contributed by atoms with E-state index in [-0.39, 0.29) is 31.1 Å². The molecule has 0 radical (unpaired) electrons. The van der Waals surface area contributed by atoms with E-state index in [2.05, 4.69) is 32.9 Å². The number of unbranched alkanes of at least 4 members (excludes halogenated alkanes) is 56. The topological polar surface area (TPSA) is 78.9 Å². The van der Waals surface area contributed by atoms with Gasteiger partial charge in [0.2, 0.25) is 0 Å². The summed E-state index contributed by atoms with van der Waals surface area (Å²) in [5, 5.41) is 0. The molecule has 0 saturated heterocycles. The molecule has 474 valence electrons. The van der Waals surface area contributed by atoms with Crippen molar-refractivity contribution in [3.05, 3.63) is 12.2 Å². The summed E-state index contributed by atoms with van der Waals surface area (Å²) in [5.41, 5.74) is 0. The number of rotatable bonds is 69. The summed E-state index contributed by atoms with van der Waals surface area (Å²) in [7, 11) is 0. The lowest BCUT2D eigenvalue weighted by Gasteiger charge is -2.18. The molecule has 0 aromatic rings. The van der Waals surface area contributed by atoms with Gasteiger partial charge in [0.15, 0.2) is 6.10 Å². The molecule has 0 amide bonds. The lowest BCUT2D eigenvalue weighted by atomic mass is 10.0. The van der Waals surface area contributed by atoms with Gasteiger partial charge in [0.25, 0.3) is 0 Å². The van der Waals surface area contributed by atoms with Gasteiger partial charge in [-0.3, -0.25) is 14.4 Å². The second kappa shape index (κ2) is 69.6. The van der Waals surface area contributed by atoms with Crippen LogP contribution in [-0.4, -0.2) is 37.2 Å². The van der Waals surface area contributed by atoms with Crippen molar-refractivity contribution in [1.82, 2.24) is 0 Å². The first-order chi connectivity index (χ1) is 39.5. The highest BCUT2D eigenvalue weighted by molar-refractivity contribution is 5.71. The van der Waals surface area contributed by atoms with Crippen molar-refractivity contribution in [3.8, 4) is 0 Å². The van der Waals surface area contributed by atoms with Crippen molar-refractivity contribution in [3.63, 3.8) is 0 Å². The van der Waals surface area contributed by atoms with E-state index in [9.17, 15) is 14.4 Å². The third-order valence-electron chi connectivity index (χ3n) is 17.0. The minimum atomic E-state index is -0.770. The Morgan fingerprint density at radius 1 is 0.237 bits per heavy atom. The zero-order valence-corrected chi connectivity index (χ0v) is 54.6. The summed E-state index contributed by atoms with van der Waals surface area (Å²) < 4.78 is 17.0. The second-order valence-corrected chi connectivity index (χ2v) is 25.2. The van der Waals surface area contributed by atoms with Crippen LogP contribution in [0.1, 0.15) is 425 Å². The highest BCUT2D eigenvalue weighted by atomic mass is 16.6. The molecular formula is C74H142O6. The number of esters is 3. The molecular weight excluding hydrogens is 985 g/mol. The van der Waals surface area contributed by atoms with Crippen LogP contribution in [-0.2, 0) is 28.6 Å². The van der Waals surface area contributed by atoms with Crippen LogP contribution in [0.4, 0.5) is 0 Å². The van der Waals surface area contributed by atoms with Crippen LogP contribution >= 0.6 is 0 Å². The Morgan fingerprint density at radius 3 is 0.625 bits per heavy atom. The fourth-order valence-electron chi connectivity index (χ4n) is 11.5. The molecule has 6 nitrogen and oxygen atoms in total. The third kappa shape index (κ3) is 66.9. The summed E-state index contributed by atoms with van der Waals surface area (Å²) in [6, 6.07) is 0. The molecule has 0 saturated carbocycles. The normalized spacial score (nSPS) is 12.0. The Morgan fingerprint density at radius 2 is 0.412 bits per heavy atom. The SMILES string of the molecule is CCCCCCCC/C=C\CCCCCCCC(=O)OCC(COC(=O)CCCCCCCCCCCCCCCCCCCCCCCCCCC)OC(=O)CCCCCCCCCCCCCCCCCCCCCCCC. The van der Waals surface area contributed by atoms with Crippen molar-refractivity contribution < 1.29 is 28.6 Å². The van der Waals surface area contributed by atoms with E-state index < -0.39 is 6.10 Å². The lowest BCUT2D eigenvalue weighted by Crippen LogP contribution is -2.30. The summed E-state index contributed by atoms with van der Waals surface area (Å²) in [6.07, 6.45) is 83.9. The highest BCUT2D eigenvalue weighted by Crippen LogP contribution is 2.19. The van der Waals surface area contributed by atoms with Gasteiger partial charge < -0.3 is 14.2 Å². The van der Waals surface area contributed by atoms with Crippen LogP contribution < -0.4 is 0 Å². The number of ether oxygens (including phenoxy) is 3. The van der Waals surface area contributed by atoms with E-state index in [1.807, 2.05) is 0 Å². The minimum absolute atomic E-state index is 0.0654. The summed E-state index contributed by atoms with van der Waals surface area (Å²) in [6.45, 7) is 6.73. The van der Waals surface area contributed by atoms with Crippen LogP contribution in [0.25, 0.3) is 0 Å². The number of carbonyl (C=O) groups excluding carboxylic acids is 3. The maximum absolute atomic E-state index is 13.0. The zero-order valence-electron chi connectivity index (χ0n) is 54.6. The van der Waals surface area contributed by atoms with Gasteiger partial charge in [-0.1, -0.05) is 373 Å². The van der Waals surface area contributed by atoms with E-state index in [0.717, 1.165) is 64.2 Å². The Labute approximate surface area is 501 Å². The molecule has 0 aromatic carbocycles. The van der Waals surface area contributed by atoms with Crippen molar-refractivity contribution in [2.24, 2.45) is 0 Å². The van der Waals surface area contributed by atoms with Crippen LogP contribution in [0.5, 0.6) is 0 Å². The standard InChI is InChI=1S/C74H142O6/c1-4-7-10-13-16-19-22-25-28-30-32-34-36-37-38-40-41-43-46-49-52-55-58-61-64-67-73(76)79-70-71(69-78-72(75)66-63-60-57-54-51-48-45-27-24-21-18-15-12-9-6-3)80-74(77)68-65-62-59-56-53-50-47-44-42-39-35-33-31-29-26-23-20-17-14-11-8-5-2/h27,45,71H,4-26,28-44,46-70H2,1-3H3/b45-27-. The first kappa shape index (κ1) is 78.1. The van der Waals surface area contributed by atoms with Gasteiger partial charge in [0, 0.05) is 19.3 Å². The Bertz CT molecular complexity index is 1250. The maximum atomic E-state index is 13.0. The number of allylic oxidation sites excluding steroid dienone is 2. The zero-order chi connectivity index (χ0) is 57.8. The molecule has 0 heterocycles. The fourth-order valence-corrected chi connectivity index (χ4v) is 11.5. The quantitative estimate of drug-likeness (QED) is 0.0261. The first-order valence-electron chi connectivity index (χ1n) is 36.7.